The number of para-hydroxylation sites is 6. The van der Waals surface area contributed by atoms with Gasteiger partial charge in [0.15, 0.2) is 82.2 Å². The number of thioether (sulfide) groups is 4. The molecule has 0 amide bonds. The van der Waals surface area contributed by atoms with Gasteiger partial charge >= 0.3 is 0 Å². The molecule has 0 aliphatic carbocycles. The third-order valence-corrected chi connectivity index (χ3v) is 37.0. The van der Waals surface area contributed by atoms with Gasteiger partial charge in [0.05, 0.1) is 124 Å². The Morgan fingerprint density at radius 2 is 0.457 bits per heavy atom. The summed E-state index contributed by atoms with van der Waals surface area (Å²) in [6, 6.07) is 118. The van der Waals surface area contributed by atoms with Crippen LogP contribution in [0.3, 0.4) is 0 Å². The number of phenols is 4. The summed E-state index contributed by atoms with van der Waals surface area (Å²) in [6.07, 6.45) is -0.711. The Bertz CT molecular complexity index is 7910. The van der Waals surface area contributed by atoms with Gasteiger partial charge in [-0.3, -0.25) is 19.2 Å². The van der Waals surface area contributed by atoms with Crippen LogP contribution in [-0.2, 0) is 71.8 Å². The number of aromatic hydroxyl groups is 4. The summed E-state index contributed by atoms with van der Waals surface area (Å²) in [5, 5.41) is 84.0. The van der Waals surface area contributed by atoms with Gasteiger partial charge in [-0.15, -0.1) is 47.0 Å². The van der Waals surface area contributed by atoms with E-state index in [4.69, 9.17) is 0 Å². The van der Waals surface area contributed by atoms with Crippen LogP contribution in [0.25, 0.3) is 87.2 Å². The van der Waals surface area contributed by atoms with Crippen LogP contribution in [0.15, 0.2) is 461 Å². The number of pyridine rings is 4. The average Bonchev–Trinajstić information content (AvgIpc) is 0.763. The molecule has 0 bridgehead atoms. The largest absolute Gasteiger partial charge is 0.508 e. The fourth-order valence-corrected chi connectivity index (χ4v) is 28.1. The maximum atomic E-state index is 13.6. The first-order valence-corrected chi connectivity index (χ1v) is 53.5. The minimum Gasteiger partial charge on any atom is -0.508 e. The van der Waals surface area contributed by atoms with Gasteiger partial charge in [-0.25, -0.2) is 0 Å². The molecule has 692 valence electrons. The molecule has 2 unspecified atom stereocenters. The molecule has 0 aliphatic heterocycles. The molecule has 24 heteroatoms. The maximum absolute atomic E-state index is 13.6. The quantitative estimate of drug-likeness (QED) is 0.0159. The smallest absolute Gasteiger partial charge is 0.208 e. The number of aliphatic hydroxyl groups is 4. The second-order valence-electron chi connectivity index (χ2n) is 32.8. The topological polar surface area (TPSA) is 250 Å². The van der Waals surface area contributed by atoms with Crippen molar-refractivity contribution >= 4 is 178 Å². The lowest BCUT2D eigenvalue weighted by atomic mass is 10.1. The van der Waals surface area contributed by atoms with Crippen LogP contribution in [0.2, 0.25) is 0 Å². The molecule has 0 aliphatic rings. The molecule has 0 radical (unpaired) electrons. The Hall–Kier alpha value is -12.8. The molecule has 2 atom stereocenters. The van der Waals surface area contributed by atoms with Crippen LogP contribution < -0.4 is 21.7 Å². The van der Waals surface area contributed by atoms with E-state index in [-0.39, 0.29) is 70.1 Å². The van der Waals surface area contributed by atoms with Crippen molar-refractivity contribution in [2.75, 3.05) is 36.2 Å². The lowest BCUT2D eigenvalue weighted by Crippen LogP contribution is -2.11. The van der Waals surface area contributed by atoms with Gasteiger partial charge in [-0.05, 0) is 281 Å². The van der Waals surface area contributed by atoms with Crippen LogP contribution in [0.1, 0.15) is 13.8 Å². The average molecular weight is 1970 g/mol. The monoisotopic (exact) mass is 1970 g/mol. The number of aromatic nitrogens is 4. The van der Waals surface area contributed by atoms with Crippen LogP contribution in [0.5, 0.6) is 23.0 Å². The number of aliphatic hydroxyl groups excluding tert-OH is 4. The van der Waals surface area contributed by atoms with E-state index in [1.807, 2.05) is 209 Å². The Balaban J connectivity index is 0.000000128. The number of aryl methyl sites for hydroxylation is 4. The second kappa shape index (κ2) is 43.9. The summed E-state index contributed by atoms with van der Waals surface area (Å²) < 4.78 is 8.26. The number of benzene rings is 16. The fraction of sp³-hybridized carbons (Fsp3) is 0.123. The van der Waals surface area contributed by atoms with Crippen LogP contribution >= 0.6 is 47.0 Å². The molecule has 20 aromatic rings. The van der Waals surface area contributed by atoms with Crippen LogP contribution in [-0.4, -0.2) is 108 Å². The molecule has 20 rings (SSSR count). The lowest BCUT2D eigenvalue weighted by molar-refractivity contribution is 0.220. The minimum absolute atomic E-state index is 0.0190. The first-order valence-electron chi connectivity index (χ1n) is 44.7. The molecule has 4 heterocycles. The number of rotatable bonds is 24. The van der Waals surface area contributed by atoms with Gasteiger partial charge in [0, 0.05) is 117 Å². The zero-order valence-corrected chi connectivity index (χ0v) is 82.8. The number of nitrogens with zero attached hydrogens (tertiary/aromatic N) is 4. The highest BCUT2D eigenvalue weighted by atomic mass is 32.2. The van der Waals surface area contributed by atoms with E-state index in [0.29, 0.717) is 54.3 Å². The van der Waals surface area contributed by atoms with Gasteiger partial charge in [0.1, 0.15) is 22.4 Å². The van der Waals surface area contributed by atoms with E-state index in [9.17, 15) is 60.0 Å². The lowest BCUT2D eigenvalue weighted by Gasteiger charge is -2.13. The summed E-state index contributed by atoms with van der Waals surface area (Å²) in [4.78, 5) is 70.3. The molecular formula is C114H100N4O12S8+4. The van der Waals surface area contributed by atoms with Crippen LogP contribution in [0, 0.1) is 0 Å². The number of phenolic OH excluding ortho intramolecular Hbond substituents is 4. The van der Waals surface area contributed by atoms with Gasteiger partial charge < -0.3 is 59.1 Å². The summed E-state index contributed by atoms with van der Waals surface area (Å²) in [6.45, 7) is 3.90. The molecule has 8 N–H and O–H groups in total. The van der Waals surface area contributed by atoms with Crippen LogP contribution in [0.4, 0.5) is 0 Å². The van der Waals surface area contributed by atoms with E-state index >= 15 is 0 Å². The van der Waals surface area contributed by atoms with Crippen molar-refractivity contribution in [1.82, 2.24) is 18.3 Å². The van der Waals surface area contributed by atoms with E-state index in [0.717, 1.165) is 124 Å². The number of fused-ring (bicyclic) bond motifs is 8. The van der Waals surface area contributed by atoms with Crippen molar-refractivity contribution in [1.29, 1.82) is 0 Å². The standard InChI is InChI=1S/C32H32NO3S3.C30H28NO3S3.2C26H19NO3S/c1-21(34)19-37-23-8-12-25(13-9-23)39(26-14-10-24(11-15-26)38-20-22(2)35)27-16-17-31-29(18-27)32(36)28-6-4-5-7-30(28)33(31)3;1-31-28-5-3-2-4-26(28)30(34)27-20-25(14-15-29(27)31)37(23-10-6-21(7-11-23)35-18-16-32)24-12-8-22(9-13-24)36-19-17-33;1-27-20-9-3-2-8-18(20)26(30)19-16-17(14-15-21(19)27)31(24-12-6-4-10-22(24)28)25-13-7-5-11-23(25)29;1-27-24-5-3-2-4-22(24)26(30)23-16-21(14-15-25(23)27)31(19-10-6-17(28)7-11-19)20-12-8-18(29)9-13-20/h4-18,21-22,34-35H,19-20H2,1-3H3;2-15,20,32-33H,16-19H2,1H3;2*2-16H,1H3,(H-,28,29)/q2*+1;;/p+2. The van der Waals surface area contributed by atoms with Crippen molar-refractivity contribution in [3.05, 3.63) is 405 Å². The Labute approximate surface area is 826 Å². The summed E-state index contributed by atoms with van der Waals surface area (Å²) >= 11 is 6.55. The van der Waals surface area contributed by atoms with Gasteiger partial charge in [-0.2, -0.15) is 0 Å². The summed E-state index contributed by atoms with van der Waals surface area (Å²) in [5.74, 6) is 3.35. The highest BCUT2D eigenvalue weighted by Crippen LogP contribution is 2.44. The van der Waals surface area contributed by atoms with Crippen molar-refractivity contribution in [2.45, 2.75) is 104 Å². The highest BCUT2D eigenvalue weighted by molar-refractivity contribution is 8.00. The van der Waals surface area contributed by atoms with E-state index in [1.54, 1.807) is 109 Å². The SMILES string of the molecule is CC(O)CSc1ccc([S+](c2ccc(SCC(C)O)cc2)c2ccc3c(c2)c(=O)c2ccccc2n3C)cc1.Cn1c2ccccc2c(=O)c2cc([S+](c3ccc(O)cc3)c3ccc(O)cc3)ccc21.Cn1c2ccccc2c(=O)c2cc([S+](c3ccc(SCCO)cc3)c3ccc(SCCO)cc3)ccc21.Cn1c2ccccc2c(=O)c2cc([S+](c3ccccc3O)c3ccccc3O)ccc21. The molecular weight excluding hydrogens is 1870 g/mol. The molecule has 0 fully saturated rings. The molecule has 16 aromatic carbocycles. The van der Waals surface area contributed by atoms with E-state index in [1.165, 1.54) is 9.79 Å². The predicted octanol–water partition coefficient (Wildman–Crippen LogP) is 23.1. The van der Waals surface area contributed by atoms with Gasteiger partial charge in [-0.1, -0.05) is 72.8 Å². The third kappa shape index (κ3) is 21.1. The Morgan fingerprint density at radius 3 is 0.703 bits per heavy atom. The normalized spacial score (nSPS) is 12.2. The highest BCUT2D eigenvalue weighted by Gasteiger charge is 2.37. The molecule has 0 saturated heterocycles. The Morgan fingerprint density at radius 1 is 0.246 bits per heavy atom. The number of hydrogen-bond donors (Lipinski definition) is 8. The molecule has 0 saturated carbocycles. The van der Waals surface area contributed by atoms with Gasteiger partial charge in [0.25, 0.3) is 0 Å². The molecule has 0 spiro atoms. The van der Waals surface area contributed by atoms with Crippen molar-refractivity contribution < 1.29 is 40.9 Å². The first kappa shape index (κ1) is 96.9. The van der Waals surface area contributed by atoms with Crippen molar-refractivity contribution in [3.63, 3.8) is 0 Å². The predicted molar refractivity (Wildman–Crippen MR) is 574 cm³/mol. The zero-order valence-electron chi connectivity index (χ0n) is 76.3. The molecule has 16 nitrogen and oxygen atoms in total. The third-order valence-electron chi connectivity index (χ3n) is 23.5. The van der Waals surface area contributed by atoms with E-state index in [2.05, 4.69) is 153 Å². The summed E-state index contributed by atoms with van der Waals surface area (Å²) in [7, 11) is 5.81. The second-order valence-corrected chi connectivity index (χ2v) is 45.4. The minimum atomic E-state index is -0.791. The first-order chi connectivity index (χ1) is 67.0. The fourth-order valence-electron chi connectivity index (χ4n) is 16.9. The van der Waals surface area contributed by atoms with Gasteiger partial charge in [0.2, 0.25) is 9.79 Å². The molecule has 138 heavy (non-hydrogen) atoms. The zero-order chi connectivity index (χ0) is 96.4. The summed E-state index contributed by atoms with van der Waals surface area (Å²) in [5.41, 5.74) is 7.31. The van der Waals surface area contributed by atoms with Crippen molar-refractivity contribution in [2.24, 2.45) is 28.2 Å². The number of hydrogen-bond acceptors (Lipinski definition) is 16. The molecule has 4 aromatic heterocycles. The van der Waals surface area contributed by atoms with Crippen molar-refractivity contribution in [3.8, 4) is 23.0 Å². The Kier molecular flexibility index (Phi) is 30.9. The maximum Gasteiger partial charge on any atom is 0.208 e. The van der Waals surface area contributed by atoms with E-state index < -0.39 is 43.6 Å².